The van der Waals surface area contributed by atoms with Crippen LogP contribution in [0.3, 0.4) is 0 Å². The fraction of sp³-hybridized carbons (Fsp3) is 0.0909. The lowest BCUT2D eigenvalue weighted by Crippen LogP contribution is -2.22. The van der Waals surface area contributed by atoms with Gasteiger partial charge < -0.3 is 10.1 Å². The Morgan fingerprint density at radius 1 is 1.09 bits per heavy atom. The van der Waals surface area contributed by atoms with Crippen LogP contribution in [-0.4, -0.2) is 43.8 Å². The van der Waals surface area contributed by atoms with Crippen LogP contribution in [0.2, 0.25) is 5.02 Å². The molecule has 0 aliphatic carbocycles. The first-order chi connectivity index (χ1) is 15.4. The molecular weight excluding hydrogens is 434 g/mol. The number of ether oxygens (including phenoxy) is 1. The number of hydrogen-bond acceptors (Lipinski definition) is 7. The molecule has 32 heavy (non-hydrogen) atoms. The van der Waals surface area contributed by atoms with E-state index in [-0.39, 0.29) is 28.6 Å². The highest BCUT2D eigenvalue weighted by molar-refractivity contribution is 6.31. The number of halogens is 1. The van der Waals surface area contributed by atoms with Crippen molar-refractivity contribution in [1.29, 1.82) is 0 Å². The summed E-state index contributed by atoms with van der Waals surface area (Å²) in [5.74, 6) is -1.79. The van der Waals surface area contributed by atoms with Gasteiger partial charge in [-0.25, -0.2) is 14.3 Å². The highest BCUT2D eigenvalue weighted by Crippen LogP contribution is 2.23. The molecule has 160 valence electrons. The molecule has 0 aliphatic rings. The maximum atomic E-state index is 12.8. The quantitative estimate of drug-likeness (QED) is 0.355. The van der Waals surface area contributed by atoms with E-state index in [0.29, 0.717) is 10.6 Å². The minimum absolute atomic E-state index is 0.215. The molecule has 0 spiro atoms. The van der Waals surface area contributed by atoms with Crippen molar-refractivity contribution >= 4 is 40.7 Å². The molecule has 2 aromatic heterocycles. The maximum absolute atomic E-state index is 12.8. The summed E-state index contributed by atoms with van der Waals surface area (Å²) in [6.45, 7) is 1.19. The lowest BCUT2D eigenvalue weighted by atomic mass is 10.0. The van der Waals surface area contributed by atoms with Gasteiger partial charge in [-0.2, -0.15) is 4.98 Å². The van der Waals surface area contributed by atoms with Crippen LogP contribution in [0.25, 0.3) is 5.78 Å². The van der Waals surface area contributed by atoms with Crippen molar-refractivity contribution in [2.45, 2.75) is 6.92 Å². The summed E-state index contributed by atoms with van der Waals surface area (Å²) >= 11 is 6.04. The second-order valence-corrected chi connectivity index (χ2v) is 7.18. The normalized spacial score (nSPS) is 10.7. The maximum Gasteiger partial charge on any atom is 0.378 e. The van der Waals surface area contributed by atoms with Crippen LogP contribution in [-0.2, 0) is 9.53 Å². The molecule has 4 aromatic rings. The van der Waals surface area contributed by atoms with E-state index in [1.54, 1.807) is 55.6 Å². The van der Waals surface area contributed by atoms with Gasteiger partial charge in [0.1, 0.15) is 0 Å². The van der Waals surface area contributed by atoms with Gasteiger partial charge in [-0.3, -0.25) is 9.59 Å². The Morgan fingerprint density at radius 3 is 2.62 bits per heavy atom. The summed E-state index contributed by atoms with van der Waals surface area (Å²) in [7, 11) is 0. The number of amides is 1. The van der Waals surface area contributed by atoms with Crippen molar-refractivity contribution in [3.8, 4) is 0 Å². The number of rotatable bonds is 6. The molecular formula is C22H16ClN5O4. The minimum Gasteiger partial charge on any atom is -0.450 e. The third kappa shape index (κ3) is 4.47. The average molecular weight is 450 g/mol. The zero-order valence-electron chi connectivity index (χ0n) is 16.8. The number of fused-ring (bicyclic) bond motifs is 1. The average Bonchev–Trinajstić information content (AvgIpc) is 3.25. The van der Waals surface area contributed by atoms with Gasteiger partial charge in [0.2, 0.25) is 0 Å². The molecule has 2 aromatic carbocycles. The number of aromatic nitrogens is 4. The first-order valence-electron chi connectivity index (χ1n) is 9.47. The van der Waals surface area contributed by atoms with Gasteiger partial charge in [0.15, 0.2) is 12.4 Å². The monoisotopic (exact) mass is 449 g/mol. The lowest BCUT2D eigenvalue weighted by Gasteiger charge is -2.11. The second kappa shape index (κ2) is 8.94. The lowest BCUT2D eigenvalue weighted by molar-refractivity contribution is -0.119. The summed E-state index contributed by atoms with van der Waals surface area (Å²) in [6, 6.07) is 14.8. The van der Waals surface area contributed by atoms with Gasteiger partial charge in [-0.15, -0.1) is 5.10 Å². The number of carbonyl (C=O) groups excluding carboxylic acids is 3. The van der Waals surface area contributed by atoms with Crippen LogP contribution in [0.4, 0.5) is 5.69 Å². The van der Waals surface area contributed by atoms with E-state index < -0.39 is 18.5 Å². The van der Waals surface area contributed by atoms with Gasteiger partial charge in [0, 0.05) is 28.0 Å². The largest absolute Gasteiger partial charge is 0.450 e. The Balaban J connectivity index is 1.45. The molecule has 0 saturated carbocycles. The Bertz CT molecular complexity index is 1340. The summed E-state index contributed by atoms with van der Waals surface area (Å²) < 4.78 is 6.41. The van der Waals surface area contributed by atoms with Gasteiger partial charge in [-0.05, 0) is 31.2 Å². The van der Waals surface area contributed by atoms with E-state index in [1.165, 1.54) is 16.6 Å². The van der Waals surface area contributed by atoms with Gasteiger partial charge in [0.05, 0.1) is 5.69 Å². The summed E-state index contributed by atoms with van der Waals surface area (Å²) in [5, 5.41) is 6.95. The van der Waals surface area contributed by atoms with E-state index in [0.717, 1.165) is 5.69 Å². The standard InChI is InChI=1S/C22H16ClN5O4/c1-13-9-10-24-22-26-20(27-28(13)22)21(31)32-12-18(29)25-17-8-7-15(23)11-16(17)19(30)14-5-3-2-4-6-14/h2-11H,12H2,1H3,(H,25,29). The van der Waals surface area contributed by atoms with E-state index in [9.17, 15) is 14.4 Å². The Labute approximate surface area is 187 Å². The van der Waals surface area contributed by atoms with Crippen LogP contribution in [0.1, 0.15) is 32.2 Å². The minimum atomic E-state index is -0.873. The molecule has 0 fully saturated rings. The topological polar surface area (TPSA) is 116 Å². The van der Waals surface area contributed by atoms with E-state index >= 15 is 0 Å². The highest BCUT2D eigenvalue weighted by atomic mass is 35.5. The van der Waals surface area contributed by atoms with Gasteiger partial charge in [-0.1, -0.05) is 41.9 Å². The van der Waals surface area contributed by atoms with Crippen LogP contribution in [0.5, 0.6) is 0 Å². The summed E-state index contributed by atoms with van der Waals surface area (Å²) in [6.07, 6.45) is 1.54. The van der Waals surface area contributed by atoms with Crippen molar-refractivity contribution in [2.24, 2.45) is 0 Å². The number of nitrogens with one attached hydrogen (secondary N) is 1. The van der Waals surface area contributed by atoms with Crippen LogP contribution >= 0.6 is 11.6 Å². The van der Waals surface area contributed by atoms with Crippen molar-refractivity contribution in [3.63, 3.8) is 0 Å². The Morgan fingerprint density at radius 2 is 1.88 bits per heavy atom. The molecule has 1 amide bonds. The van der Waals surface area contributed by atoms with Crippen molar-refractivity contribution in [3.05, 3.63) is 88.5 Å². The smallest absolute Gasteiger partial charge is 0.378 e. The number of benzene rings is 2. The zero-order valence-corrected chi connectivity index (χ0v) is 17.5. The molecule has 0 unspecified atom stereocenters. The highest BCUT2D eigenvalue weighted by Gasteiger charge is 2.19. The number of esters is 1. The van der Waals surface area contributed by atoms with Crippen LogP contribution in [0, 0.1) is 6.92 Å². The fourth-order valence-corrected chi connectivity index (χ4v) is 3.11. The van der Waals surface area contributed by atoms with Crippen molar-refractivity contribution < 1.29 is 19.1 Å². The molecule has 0 saturated heterocycles. The number of nitrogens with zero attached hydrogens (tertiary/aromatic N) is 4. The molecule has 4 rings (SSSR count). The number of ketones is 1. The zero-order chi connectivity index (χ0) is 22.7. The predicted molar refractivity (Wildman–Crippen MR) is 116 cm³/mol. The number of hydrogen-bond donors (Lipinski definition) is 1. The molecule has 0 atom stereocenters. The SMILES string of the molecule is Cc1ccnc2nc(C(=O)OCC(=O)Nc3ccc(Cl)cc3C(=O)c3ccccc3)nn12. The first kappa shape index (κ1) is 21.1. The molecule has 10 heteroatoms. The summed E-state index contributed by atoms with van der Waals surface area (Å²) in [5.41, 5.74) is 1.64. The fourth-order valence-electron chi connectivity index (χ4n) is 2.93. The second-order valence-electron chi connectivity index (χ2n) is 6.74. The molecule has 1 N–H and O–H groups in total. The first-order valence-corrected chi connectivity index (χ1v) is 9.85. The van der Waals surface area contributed by atoms with Gasteiger partial charge >= 0.3 is 5.97 Å². The molecule has 2 heterocycles. The Hall–Kier alpha value is -4.11. The summed E-state index contributed by atoms with van der Waals surface area (Å²) in [4.78, 5) is 45.5. The van der Waals surface area contributed by atoms with E-state index in [1.807, 2.05) is 0 Å². The van der Waals surface area contributed by atoms with E-state index in [4.69, 9.17) is 16.3 Å². The third-order valence-corrected chi connectivity index (χ3v) is 4.72. The van der Waals surface area contributed by atoms with Crippen LogP contribution < -0.4 is 5.32 Å². The number of aryl methyl sites for hydroxylation is 1. The molecule has 0 bridgehead atoms. The predicted octanol–water partition coefficient (Wildman–Crippen LogP) is 3.11. The Kier molecular flexibility index (Phi) is 5.91. The van der Waals surface area contributed by atoms with Crippen molar-refractivity contribution in [1.82, 2.24) is 19.6 Å². The van der Waals surface area contributed by atoms with E-state index in [2.05, 4.69) is 20.4 Å². The van der Waals surface area contributed by atoms with Crippen molar-refractivity contribution in [2.75, 3.05) is 11.9 Å². The van der Waals surface area contributed by atoms with Crippen LogP contribution in [0.15, 0.2) is 60.8 Å². The number of anilines is 1. The molecule has 0 aliphatic heterocycles. The third-order valence-electron chi connectivity index (χ3n) is 4.48. The number of carbonyl (C=O) groups is 3. The van der Waals surface area contributed by atoms with Gasteiger partial charge in [0.25, 0.3) is 17.5 Å². The molecule has 0 radical (unpaired) electrons. The molecule has 9 nitrogen and oxygen atoms in total.